The Labute approximate surface area is 103 Å². The molecule has 2 saturated carbocycles. The van der Waals surface area contributed by atoms with Gasteiger partial charge in [0, 0.05) is 18.7 Å². The van der Waals surface area contributed by atoms with Crippen molar-refractivity contribution in [3.05, 3.63) is 21.7 Å². The molecule has 5 nitrogen and oxygen atoms in total. The van der Waals surface area contributed by atoms with Crippen molar-refractivity contribution in [1.82, 2.24) is 9.97 Å². The molecule has 1 aromatic heterocycles. The minimum atomic E-state index is -0.441. The first kappa shape index (κ1) is 11.0. The first-order valence-corrected chi connectivity index (χ1v) is 6.19. The second kappa shape index (κ2) is 3.99. The van der Waals surface area contributed by atoms with E-state index in [-0.39, 0.29) is 11.8 Å². The van der Waals surface area contributed by atoms with Crippen molar-refractivity contribution in [3.8, 4) is 0 Å². The molecule has 4 atom stereocenters. The van der Waals surface area contributed by atoms with Crippen LogP contribution in [-0.4, -0.2) is 27.7 Å². The van der Waals surface area contributed by atoms with Crippen molar-refractivity contribution < 1.29 is 5.11 Å². The van der Waals surface area contributed by atoms with Crippen molar-refractivity contribution in [3.63, 3.8) is 0 Å². The van der Waals surface area contributed by atoms with Gasteiger partial charge >= 0.3 is 5.69 Å². The minimum Gasteiger partial charge on any atom is -0.396 e. The van der Waals surface area contributed by atoms with Gasteiger partial charge in [0.05, 0.1) is 0 Å². The van der Waals surface area contributed by atoms with E-state index < -0.39 is 5.69 Å². The Balaban J connectivity index is 1.73. The van der Waals surface area contributed by atoms with Gasteiger partial charge in [-0.2, -0.15) is 4.98 Å². The average molecular weight is 256 g/mol. The molecule has 0 aromatic carbocycles. The van der Waals surface area contributed by atoms with Gasteiger partial charge in [0.25, 0.3) is 0 Å². The summed E-state index contributed by atoms with van der Waals surface area (Å²) in [6.45, 7) is 0.253. The lowest BCUT2D eigenvalue weighted by atomic mass is 10.0. The van der Waals surface area contributed by atoms with Gasteiger partial charge in [0.15, 0.2) is 0 Å². The molecule has 2 aliphatic carbocycles. The maximum absolute atomic E-state index is 11.2. The van der Waals surface area contributed by atoms with Gasteiger partial charge < -0.3 is 10.4 Å². The van der Waals surface area contributed by atoms with Crippen LogP contribution in [0.4, 0.5) is 5.82 Å². The Morgan fingerprint density at radius 3 is 3.00 bits per heavy atom. The number of nitrogens with one attached hydrogen (secondary N) is 2. The Morgan fingerprint density at radius 2 is 2.35 bits per heavy atom. The van der Waals surface area contributed by atoms with E-state index >= 15 is 0 Å². The van der Waals surface area contributed by atoms with Crippen LogP contribution in [0.3, 0.4) is 0 Å². The number of aromatic nitrogens is 2. The van der Waals surface area contributed by atoms with Gasteiger partial charge in [0.1, 0.15) is 11.0 Å². The molecule has 3 N–H and O–H groups in total. The summed E-state index contributed by atoms with van der Waals surface area (Å²) in [7, 11) is 0. The highest BCUT2D eigenvalue weighted by Gasteiger charge is 2.53. The molecule has 0 spiro atoms. The van der Waals surface area contributed by atoms with E-state index in [2.05, 4.69) is 15.3 Å². The van der Waals surface area contributed by atoms with Crippen LogP contribution >= 0.6 is 11.6 Å². The summed E-state index contributed by atoms with van der Waals surface area (Å²) in [4.78, 5) is 17.4. The molecule has 0 bridgehead atoms. The summed E-state index contributed by atoms with van der Waals surface area (Å²) in [6, 6.07) is 1.93. The van der Waals surface area contributed by atoms with Gasteiger partial charge in [-0.05, 0) is 30.6 Å². The molecular weight excluding hydrogens is 242 g/mol. The number of H-pyrrole nitrogens is 1. The molecule has 0 saturated heterocycles. The zero-order valence-electron chi connectivity index (χ0n) is 9.19. The van der Waals surface area contributed by atoms with E-state index in [0.717, 1.165) is 6.42 Å². The number of aliphatic hydroxyl groups excluding tert-OH is 1. The molecule has 92 valence electrons. The van der Waals surface area contributed by atoms with Crippen LogP contribution in [0, 0.1) is 17.8 Å². The van der Waals surface area contributed by atoms with Crippen LogP contribution in [0.2, 0.25) is 5.15 Å². The van der Waals surface area contributed by atoms with Crippen LogP contribution in [-0.2, 0) is 0 Å². The Hall–Kier alpha value is -1.07. The average Bonchev–Trinajstić information content (AvgIpc) is 2.97. The van der Waals surface area contributed by atoms with Crippen LogP contribution < -0.4 is 11.0 Å². The molecular formula is C11H14ClN3O2. The first-order valence-electron chi connectivity index (χ1n) is 5.81. The molecule has 17 heavy (non-hydrogen) atoms. The Bertz CT molecular complexity index is 490. The highest BCUT2D eigenvalue weighted by molar-refractivity contribution is 6.29. The smallest absolute Gasteiger partial charge is 0.347 e. The van der Waals surface area contributed by atoms with Gasteiger partial charge in [-0.25, -0.2) is 4.79 Å². The van der Waals surface area contributed by atoms with Crippen molar-refractivity contribution in [2.45, 2.75) is 18.9 Å². The van der Waals surface area contributed by atoms with Gasteiger partial charge in [0.2, 0.25) is 0 Å². The highest BCUT2D eigenvalue weighted by Crippen LogP contribution is 2.55. The molecule has 0 radical (unpaired) electrons. The highest BCUT2D eigenvalue weighted by atomic mass is 35.5. The van der Waals surface area contributed by atoms with Crippen molar-refractivity contribution in [2.24, 2.45) is 17.8 Å². The van der Waals surface area contributed by atoms with E-state index in [0.29, 0.717) is 29.6 Å². The third-order valence-electron chi connectivity index (χ3n) is 3.85. The summed E-state index contributed by atoms with van der Waals surface area (Å²) in [5.74, 6) is 2.19. The predicted molar refractivity (Wildman–Crippen MR) is 64.1 cm³/mol. The third-order valence-corrected chi connectivity index (χ3v) is 4.05. The maximum atomic E-state index is 11.2. The number of hydrogen-bond acceptors (Lipinski definition) is 4. The topological polar surface area (TPSA) is 78.0 Å². The molecule has 2 fully saturated rings. The summed E-state index contributed by atoms with van der Waals surface area (Å²) < 4.78 is 0. The summed E-state index contributed by atoms with van der Waals surface area (Å²) in [5.41, 5.74) is -0.441. The minimum absolute atomic E-state index is 0.253. The molecule has 3 rings (SSSR count). The number of hydrogen-bond donors (Lipinski definition) is 3. The molecule has 1 aromatic rings. The van der Waals surface area contributed by atoms with Crippen LogP contribution in [0.1, 0.15) is 12.8 Å². The Kier molecular flexibility index (Phi) is 2.60. The van der Waals surface area contributed by atoms with Crippen LogP contribution in [0.25, 0.3) is 0 Å². The van der Waals surface area contributed by atoms with E-state index in [1.807, 2.05) is 0 Å². The zero-order chi connectivity index (χ0) is 12.0. The van der Waals surface area contributed by atoms with Crippen LogP contribution in [0.5, 0.6) is 0 Å². The molecule has 0 amide bonds. The fourth-order valence-corrected chi connectivity index (χ4v) is 3.17. The standard InChI is InChI=1S/C11H14ClN3O2/c12-9-3-10(15-11(17)14-9)13-8-1-5(4-16)6-2-7(6)8/h3,5-8,16H,1-2,4H2,(H2,13,14,15,17)/t5-,6-,7-,8-/m0/s1. The van der Waals surface area contributed by atoms with Crippen molar-refractivity contribution >= 4 is 17.4 Å². The van der Waals surface area contributed by atoms with Crippen molar-refractivity contribution in [1.29, 1.82) is 0 Å². The number of aliphatic hydroxyl groups is 1. The summed E-state index contributed by atoms with van der Waals surface area (Å²) in [5, 5.41) is 12.8. The lowest BCUT2D eigenvalue weighted by Crippen LogP contribution is -2.24. The first-order chi connectivity index (χ1) is 8.17. The lowest BCUT2D eigenvalue weighted by Gasteiger charge is -2.16. The monoisotopic (exact) mass is 255 g/mol. The number of nitrogens with zero attached hydrogens (tertiary/aromatic N) is 1. The largest absolute Gasteiger partial charge is 0.396 e. The number of aromatic amines is 1. The van der Waals surface area contributed by atoms with E-state index in [1.54, 1.807) is 6.07 Å². The Morgan fingerprint density at radius 1 is 1.53 bits per heavy atom. The normalized spacial score (nSPS) is 34.5. The number of rotatable bonds is 3. The number of halogens is 1. The van der Waals surface area contributed by atoms with Gasteiger partial charge in [-0.1, -0.05) is 11.6 Å². The number of fused-ring (bicyclic) bond motifs is 1. The third kappa shape index (κ3) is 2.05. The van der Waals surface area contributed by atoms with Crippen LogP contribution in [0.15, 0.2) is 10.9 Å². The van der Waals surface area contributed by atoms with Gasteiger partial charge in [-0.3, -0.25) is 4.98 Å². The van der Waals surface area contributed by atoms with Gasteiger partial charge in [-0.15, -0.1) is 0 Å². The molecule has 1 heterocycles. The van der Waals surface area contributed by atoms with E-state index in [9.17, 15) is 9.90 Å². The fraction of sp³-hybridized carbons (Fsp3) is 0.636. The van der Waals surface area contributed by atoms with Crippen molar-refractivity contribution in [2.75, 3.05) is 11.9 Å². The molecule has 0 aliphatic heterocycles. The SMILES string of the molecule is O=c1nc(N[C@H]2C[C@@H](CO)[C@@H]3C[C@@H]32)cc(Cl)[nH]1. The second-order valence-electron chi connectivity index (χ2n) is 4.91. The fourth-order valence-electron chi connectivity index (χ4n) is 2.98. The molecule has 6 heteroatoms. The maximum Gasteiger partial charge on any atom is 0.347 e. The van der Waals surface area contributed by atoms with E-state index in [4.69, 9.17) is 11.6 Å². The number of anilines is 1. The summed E-state index contributed by atoms with van der Waals surface area (Å²) >= 11 is 5.76. The predicted octanol–water partition coefficient (Wildman–Crippen LogP) is 0.852. The lowest BCUT2D eigenvalue weighted by molar-refractivity contribution is 0.213. The molecule has 2 aliphatic rings. The molecule has 0 unspecified atom stereocenters. The second-order valence-corrected chi connectivity index (χ2v) is 5.32. The summed E-state index contributed by atoms with van der Waals surface area (Å²) in [6.07, 6.45) is 2.11. The van der Waals surface area contributed by atoms with E-state index in [1.165, 1.54) is 6.42 Å². The zero-order valence-corrected chi connectivity index (χ0v) is 9.94. The quantitative estimate of drug-likeness (QED) is 0.700.